The van der Waals surface area contributed by atoms with Gasteiger partial charge in [0.1, 0.15) is 4.90 Å². The Hall–Kier alpha value is -3.05. The number of pyridine rings is 1. The van der Waals surface area contributed by atoms with Gasteiger partial charge >= 0.3 is 0 Å². The first-order chi connectivity index (χ1) is 13.9. The molecule has 0 saturated heterocycles. The van der Waals surface area contributed by atoms with Crippen molar-refractivity contribution in [3.63, 3.8) is 0 Å². The Balaban J connectivity index is 1.53. The van der Waals surface area contributed by atoms with Gasteiger partial charge in [-0.2, -0.15) is 14.5 Å². The van der Waals surface area contributed by atoms with Crippen LogP contribution in [0, 0.1) is 0 Å². The van der Waals surface area contributed by atoms with E-state index in [0.29, 0.717) is 24.3 Å². The van der Waals surface area contributed by atoms with Gasteiger partial charge in [-0.15, -0.1) is 0 Å². The highest BCUT2D eigenvalue weighted by molar-refractivity contribution is 7.89. The first-order valence-corrected chi connectivity index (χ1v) is 10.6. The lowest BCUT2D eigenvalue weighted by molar-refractivity contribution is 0.0943. The predicted octanol–water partition coefficient (Wildman–Crippen LogP) is 0.666. The second-order valence-electron chi connectivity index (χ2n) is 6.75. The third-order valence-corrected chi connectivity index (χ3v) is 6.64. The van der Waals surface area contributed by atoms with Gasteiger partial charge in [0.15, 0.2) is 5.69 Å². The highest BCUT2D eigenvalue weighted by Crippen LogP contribution is 2.30. The van der Waals surface area contributed by atoms with Crippen LogP contribution in [0.2, 0.25) is 0 Å². The average molecular weight is 415 g/mol. The monoisotopic (exact) mass is 415 g/mol. The summed E-state index contributed by atoms with van der Waals surface area (Å²) in [5.41, 5.74) is 2.45. The molecule has 0 radical (unpaired) electrons. The first kappa shape index (κ1) is 19.3. The predicted molar refractivity (Wildman–Crippen MR) is 103 cm³/mol. The number of rotatable bonds is 6. The van der Waals surface area contributed by atoms with Crippen LogP contribution in [-0.2, 0) is 43.2 Å². The number of nitrogens with one attached hydrogen (secondary N) is 1. The Morgan fingerprint density at radius 3 is 2.79 bits per heavy atom. The number of fused-ring (bicyclic) bond motifs is 1. The third kappa shape index (κ3) is 3.54. The molecule has 11 heteroatoms. The van der Waals surface area contributed by atoms with Gasteiger partial charge in [-0.05, 0) is 18.6 Å². The molecule has 10 nitrogen and oxygen atoms in total. The first-order valence-electron chi connectivity index (χ1n) is 9.14. The van der Waals surface area contributed by atoms with Crippen LogP contribution in [0.3, 0.4) is 0 Å². The van der Waals surface area contributed by atoms with Crippen LogP contribution in [0.25, 0.3) is 0 Å². The molecule has 4 heterocycles. The zero-order valence-corrected chi connectivity index (χ0v) is 16.9. The Labute approximate surface area is 168 Å². The molecule has 0 spiro atoms. The molecular weight excluding hydrogens is 394 g/mol. The molecule has 0 fully saturated rings. The van der Waals surface area contributed by atoms with Crippen molar-refractivity contribution in [1.82, 2.24) is 34.2 Å². The van der Waals surface area contributed by atoms with E-state index in [-0.39, 0.29) is 29.6 Å². The number of amides is 1. The van der Waals surface area contributed by atoms with Crippen LogP contribution < -0.4 is 5.32 Å². The standard InChI is InChI=1S/C18H21N7O3S/c1-3-24-10-14(9-21-24)29(27,28)25-11-15-16(12-25)23(2)22-17(15)18(26)20-8-13-5-4-6-19-7-13/h4-7,9-10H,3,8,11-12H2,1-2H3,(H,20,26). The minimum absolute atomic E-state index is 0.0957. The van der Waals surface area contributed by atoms with Crippen LogP contribution in [-0.4, -0.2) is 43.2 Å². The van der Waals surface area contributed by atoms with Gasteiger partial charge in [0.25, 0.3) is 5.91 Å². The summed E-state index contributed by atoms with van der Waals surface area (Å²) in [6.45, 7) is 3.04. The van der Waals surface area contributed by atoms with E-state index in [4.69, 9.17) is 0 Å². The van der Waals surface area contributed by atoms with Crippen LogP contribution in [0.1, 0.15) is 34.2 Å². The minimum atomic E-state index is -3.71. The van der Waals surface area contributed by atoms with E-state index >= 15 is 0 Å². The van der Waals surface area contributed by atoms with E-state index in [9.17, 15) is 13.2 Å². The van der Waals surface area contributed by atoms with Crippen LogP contribution >= 0.6 is 0 Å². The van der Waals surface area contributed by atoms with E-state index in [1.54, 1.807) is 34.9 Å². The van der Waals surface area contributed by atoms with E-state index in [0.717, 1.165) is 5.56 Å². The average Bonchev–Trinajstić information content (AvgIpc) is 3.44. The smallest absolute Gasteiger partial charge is 0.272 e. The molecule has 0 bridgehead atoms. The molecular formula is C18H21N7O3S. The molecule has 3 aromatic rings. The number of hydrogen-bond donors (Lipinski definition) is 1. The summed E-state index contributed by atoms with van der Waals surface area (Å²) in [6, 6.07) is 3.66. The maximum atomic E-state index is 13.0. The normalized spacial score (nSPS) is 14.1. The van der Waals surface area contributed by atoms with E-state index in [1.165, 1.54) is 16.7 Å². The lowest BCUT2D eigenvalue weighted by Gasteiger charge is -2.15. The molecule has 0 unspecified atom stereocenters. The van der Waals surface area contributed by atoms with E-state index < -0.39 is 10.0 Å². The van der Waals surface area contributed by atoms with Gasteiger partial charge < -0.3 is 5.32 Å². The van der Waals surface area contributed by atoms with Crippen molar-refractivity contribution in [1.29, 1.82) is 0 Å². The van der Waals surface area contributed by atoms with Crippen LogP contribution in [0.5, 0.6) is 0 Å². The fraction of sp³-hybridized carbons (Fsp3) is 0.333. The van der Waals surface area contributed by atoms with Crippen molar-refractivity contribution < 1.29 is 13.2 Å². The Morgan fingerprint density at radius 1 is 1.28 bits per heavy atom. The summed E-state index contributed by atoms with van der Waals surface area (Å²) < 4.78 is 30.4. The van der Waals surface area contributed by atoms with Crippen molar-refractivity contribution in [3.05, 3.63) is 59.4 Å². The van der Waals surface area contributed by atoms with Gasteiger partial charge in [0.2, 0.25) is 10.0 Å². The zero-order valence-electron chi connectivity index (χ0n) is 16.1. The Morgan fingerprint density at radius 2 is 2.10 bits per heavy atom. The molecule has 1 aliphatic heterocycles. The van der Waals surface area contributed by atoms with Gasteiger partial charge in [-0.25, -0.2) is 8.42 Å². The number of nitrogens with zero attached hydrogens (tertiary/aromatic N) is 6. The summed E-state index contributed by atoms with van der Waals surface area (Å²) in [4.78, 5) is 16.8. The minimum Gasteiger partial charge on any atom is -0.346 e. The summed E-state index contributed by atoms with van der Waals surface area (Å²) in [7, 11) is -2.00. The van der Waals surface area contributed by atoms with Crippen molar-refractivity contribution >= 4 is 15.9 Å². The SMILES string of the molecule is CCn1cc(S(=O)(=O)N2Cc3c(C(=O)NCc4cccnc4)nn(C)c3C2)cn1. The number of aromatic nitrogens is 5. The molecule has 4 rings (SSSR count). The number of sulfonamides is 1. The largest absolute Gasteiger partial charge is 0.346 e. The van der Waals surface area contributed by atoms with Gasteiger partial charge in [-0.3, -0.25) is 19.1 Å². The van der Waals surface area contributed by atoms with Crippen molar-refractivity contribution in [2.75, 3.05) is 0 Å². The van der Waals surface area contributed by atoms with Crippen molar-refractivity contribution in [2.24, 2.45) is 7.05 Å². The second kappa shape index (κ2) is 7.41. The molecule has 0 aliphatic carbocycles. The maximum Gasteiger partial charge on any atom is 0.272 e. The van der Waals surface area contributed by atoms with E-state index in [1.807, 2.05) is 13.0 Å². The van der Waals surface area contributed by atoms with Gasteiger partial charge in [-0.1, -0.05) is 6.07 Å². The van der Waals surface area contributed by atoms with Gasteiger partial charge in [0.05, 0.1) is 18.4 Å². The summed E-state index contributed by atoms with van der Waals surface area (Å²) in [5, 5.41) is 11.2. The molecule has 1 N–H and O–H groups in total. The van der Waals surface area contributed by atoms with Crippen LogP contribution in [0.4, 0.5) is 0 Å². The van der Waals surface area contributed by atoms with E-state index in [2.05, 4.69) is 20.5 Å². The number of carbonyl (C=O) groups excluding carboxylic acids is 1. The molecule has 29 heavy (non-hydrogen) atoms. The second-order valence-corrected chi connectivity index (χ2v) is 8.68. The molecule has 1 amide bonds. The zero-order chi connectivity index (χ0) is 20.6. The number of carbonyl (C=O) groups is 1. The fourth-order valence-electron chi connectivity index (χ4n) is 3.29. The molecule has 0 atom stereocenters. The Kier molecular flexibility index (Phi) is 4.92. The fourth-order valence-corrected chi connectivity index (χ4v) is 4.61. The molecule has 0 saturated carbocycles. The lowest BCUT2D eigenvalue weighted by atomic mass is 10.2. The molecule has 152 valence electrons. The Bertz CT molecular complexity index is 1150. The molecule has 1 aliphatic rings. The van der Waals surface area contributed by atoms with Crippen molar-refractivity contribution in [3.8, 4) is 0 Å². The maximum absolute atomic E-state index is 13.0. The van der Waals surface area contributed by atoms with Crippen LogP contribution in [0.15, 0.2) is 41.8 Å². The summed E-state index contributed by atoms with van der Waals surface area (Å²) in [5.74, 6) is -0.344. The molecule has 0 aromatic carbocycles. The molecule has 3 aromatic heterocycles. The third-order valence-electron chi connectivity index (χ3n) is 4.90. The lowest BCUT2D eigenvalue weighted by Crippen LogP contribution is -2.28. The highest BCUT2D eigenvalue weighted by atomic mass is 32.2. The number of hydrogen-bond acceptors (Lipinski definition) is 6. The quantitative estimate of drug-likeness (QED) is 0.633. The van der Waals surface area contributed by atoms with Crippen molar-refractivity contribution in [2.45, 2.75) is 38.0 Å². The highest BCUT2D eigenvalue weighted by Gasteiger charge is 2.37. The summed E-state index contributed by atoms with van der Waals surface area (Å²) in [6.07, 6.45) is 6.20. The van der Waals surface area contributed by atoms with Gasteiger partial charge in [0, 0.05) is 50.8 Å². The summed E-state index contributed by atoms with van der Waals surface area (Å²) >= 11 is 0. The topological polar surface area (TPSA) is 115 Å². The number of aryl methyl sites for hydroxylation is 2.